The van der Waals surface area contributed by atoms with E-state index in [0.29, 0.717) is 11.1 Å². The molecule has 1 spiro atoms. The van der Waals surface area contributed by atoms with Gasteiger partial charge in [-0.1, -0.05) is 12.1 Å². The molecule has 5 nitrogen and oxygen atoms in total. The minimum absolute atomic E-state index is 0.0109. The van der Waals surface area contributed by atoms with Crippen molar-refractivity contribution in [2.24, 2.45) is 12.5 Å². The number of ketones is 1. The van der Waals surface area contributed by atoms with Crippen LogP contribution in [0.25, 0.3) is 22.0 Å². The molecule has 144 valence electrons. The van der Waals surface area contributed by atoms with Gasteiger partial charge in [-0.2, -0.15) is 5.10 Å². The molecular formula is C23H26N4O. The lowest BCUT2D eigenvalue weighted by Gasteiger charge is -2.32. The number of aromatic nitrogens is 3. The maximum atomic E-state index is 12.1. The molecule has 0 N–H and O–H groups in total. The summed E-state index contributed by atoms with van der Waals surface area (Å²) in [5.41, 5.74) is 5.40. The lowest BCUT2D eigenvalue weighted by molar-refractivity contribution is 0.101. The van der Waals surface area contributed by atoms with E-state index in [0.717, 1.165) is 28.6 Å². The predicted octanol–water partition coefficient (Wildman–Crippen LogP) is 4.21. The molecule has 2 fully saturated rings. The Balaban J connectivity index is 1.49. The van der Waals surface area contributed by atoms with Crippen LogP contribution in [0.15, 0.2) is 36.7 Å². The van der Waals surface area contributed by atoms with Crippen LogP contribution in [0, 0.1) is 5.41 Å². The SMILES string of the molecule is CC(=O)c1cc(-c2cnn(C)c2)c2ccc(CN3CCC4(CC3)CC4)cc2n1. The zero-order valence-electron chi connectivity index (χ0n) is 16.6. The van der Waals surface area contributed by atoms with E-state index in [1.54, 1.807) is 11.6 Å². The molecule has 1 aliphatic heterocycles. The fraction of sp³-hybridized carbons (Fsp3) is 0.435. The zero-order valence-corrected chi connectivity index (χ0v) is 16.6. The molecule has 2 aliphatic rings. The summed E-state index contributed by atoms with van der Waals surface area (Å²) in [5.74, 6) is -0.0109. The van der Waals surface area contributed by atoms with Gasteiger partial charge in [-0.3, -0.25) is 14.4 Å². The van der Waals surface area contributed by atoms with Gasteiger partial charge in [0.25, 0.3) is 0 Å². The fourth-order valence-corrected chi connectivity index (χ4v) is 4.47. The highest BCUT2D eigenvalue weighted by molar-refractivity contribution is 6.01. The number of aryl methyl sites for hydroxylation is 1. The van der Waals surface area contributed by atoms with Crippen molar-refractivity contribution < 1.29 is 4.79 Å². The topological polar surface area (TPSA) is 51.0 Å². The second-order valence-corrected chi connectivity index (χ2v) is 8.64. The first-order valence-corrected chi connectivity index (χ1v) is 10.2. The minimum Gasteiger partial charge on any atom is -0.299 e. The molecule has 0 unspecified atom stereocenters. The van der Waals surface area contributed by atoms with E-state index in [4.69, 9.17) is 0 Å². The second kappa shape index (κ2) is 6.52. The molecule has 1 aliphatic carbocycles. The summed E-state index contributed by atoms with van der Waals surface area (Å²) < 4.78 is 1.78. The van der Waals surface area contributed by atoms with E-state index in [2.05, 4.69) is 33.2 Å². The van der Waals surface area contributed by atoms with Crippen LogP contribution in [0.1, 0.15) is 48.7 Å². The van der Waals surface area contributed by atoms with Gasteiger partial charge in [0.05, 0.1) is 11.7 Å². The van der Waals surface area contributed by atoms with Gasteiger partial charge in [0.1, 0.15) is 5.69 Å². The lowest BCUT2D eigenvalue weighted by atomic mass is 9.93. The number of pyridine rings is 1. The largest absolute Gasteiger partial charge is 0.299 e. The maximum absolute atomic E-state index is 12.1. The number of likely N-dealkylation sites (tertiary alicyclic amines) is 1. The van der Waals surface area contributed by atoms with Gasteiger partial charge in [0, 0.05) is 37.7 Å². The highest BCUT2D eigenvalue weighted by Gasteiger charge is 2.44. The molecule has 28 heavy (non-hydrogen) atoms. The Bertz CT molecular complexity index is 1050. The summed E-state index contributed by atoms with van der Waals surface area (Å²) in [4.78, 5) is 19.3. The molecule has 3 aromatic rings. The van der Waals surface area contributed by atoms with Crippen LogP contribution in [0.3, 0.4) is 0 Å². The van der Waals surface area contributed by atoms with Gasteiger partial charge in [0.2, 0.25) is 0 Å². The molecule has 0 amide bonds. The third-order valence-electron chi connectivity index (χ3n) is 6.53. The van der Waals surface area contributed by atoms with E-state index in [1.807, 2.05) is 25.5 Å². The van der Waals surface area contributed by atoms with Gasteiger partial charge in [-0.25, -0.2) is 4.98 Å². The molecule has 0 bridgehead atoms. The number of hydrogen-bond donors (Lipinski definition) is 0. The van der Waals surface area contributed by atoms with Crippen molar-refractivity contribution in [2.75, 3.05) is 13.1 Å². The van der Waals surface area contributed by atoms with Crippen molar-refractivity contribution >= 4 is 16.7 Å². The van der Waals surface area contributed by atoms with Crippen LogP contribution in [0.5, 0.6) is 0 Å². The Morgan fingerprint density at radius 2 is 1.93 bits per heavy atom. The highest BCUT2D eigenvalue weighted by atomic mass is 16.1. The van der Waals surface area contributed by atoms with Crippen LogP contribution < -0.4 is 0 Å². The third kappa shape index (κ3) is 3.24. The van der Waals surface area contributed by atoms with E-state index in [-0.39, 0.29) is 5.78 Å². The molecule has 0 atom stereocenters. The number of nitrogens with zero attached hydrogens (tertiary/aromatic N) is 4. The van der Waals surface area contributed by atoms with E-state index in [9.17, 15) is 4.79 Å². The first kappa shape index (κ1) is 17.6. The number of piperidine rings is 1. The molecule has 0 radical (unpaired) electrons. The Morgan fingerprint density at radius 1 is 1.14 bits per heavy atom. The normalized spacial score (nSPS) is 18.6. The van der Waals surface area contributed by atoms with E-state index >= 15 is 0 Å². The average molecular weight is 374 g/mol. The summed E-state index contributed by atoms with van der Waals surface area (Å²) in [6, 6.07) is 8.40. The van der Waals surface area contributed by atoms with Gasteiger partial charge >= 0.3 is 0 Å². The van der Waals surface area contributed by atoms with Gasteiger partial charge < -0.3 is 0 Å². The Kier molecular flexibility index (Phi) is 4.09. The Labute approximate surface area is 165 Å². The predicted molar refractivity (Wildman–Crippen MR) is 110 cm³/mol. The molecule has 1 saturated heterocycles. The maximum Gasteiger partial charge on any atom is 0.178 e. The number of carbonyl (C=O) groups excluding carboxylic acids is 1. The summed E-state index contributed by atoms with van der Waals surface area (Å²) >= 11 is 0. The van der Waals surface area contributed by atoms with Crippen LogP contribution >= 0.6 is 0 Å². The Hall–Kier alpha value is -2.53. The summed E-state index contributed by atoms with van der Waals surface area (Å²) in [6.07, 6.45) is 9.39. The summed E-state index contributed by atoms with van der Waals surface area (Å²) in [6.45, 7) is 4.92. The zero-order chi connectivity index (χ0) is 19.3. The smallest absolute Gasteiger partial charge is 0.178 e. The molecule has 1 aromatic carbocycles. The first-order valence-electron chi connectivity index (χ1n) is 10.2. The van der Waals surface area contributed by atoms with Crippen molar-refractivity contribution in [3.8, 4) is 11.1 Å². The summed E-state index contributed by atoms with van der Waals surface area (Å²) in [5, 5.41) is 5.36. The van der Waals surface area contributed by atoms with Crippen molar-refractivity contribution in [2.45, 2.75) is 39.2 Å². The quantitative estimate of drug-likeness (QED) is 0.642. The average Bonchev–Trinajstić information content (AvgIpc) is 3.31. The number of rotatable bonds is 4. The van der Waals surface area contributed by atoms with Crippen molar-refractivity contribution in [3.05, 3.63) is 47.9 Å². The van der Waals surface area contributed by atoms with E-state index < -0.39 is 0 Å². The van der Waals surface area contributed by atoms with E-state index in [1.165, 1.54) is 44.3 Å². The molecule has 5 heteroatoms. The highest BCUT2D eigenvalue weighted by Crippen LogP contribution is 2.53. The monoisotopic (exact) mass is 374 g/mol. The van der Waals surface area contributed by atoms with Crippen LogP contribution in [0.4, 0.5) is 0 Å². The second-order valence-electron chi connectivity index (χ2n) is 8.64. The summed E-state index contributed by atoms with van der Waals surface area (Å²) in [7, 11) is 1.90. The van der Waals surface area contributed by atoms with Crippen LogP contribution in [0.2, 0.25) is 0 Å². The molecule has 5 rings (SSSR count). The van der Waals surface area contributed by atoms with Crippen LogP contribution in [-0.2, 0) is 13.6 Å². The van der Waals surface area contributed by atoms with Gasteiger partial charge in [0.15, 0.2) is 5.78 Å². The first-order chi connectivity index (χ1) is 13.5. The molecular weight excluding hydrogens is 348 g/mol. The Morgan fingerprint density at radius 3 is 2.57 bits per heavy atom. The minimum atomic E-state index is -0.0109. The lowest BCUT2D eigenvalue weighted by Crippen LogP contribution is -2.33. The number of Topliss-reactive ketones (excluding diaryl/α,β-unsaturated/α-hetero) is 1. The number of fused-ring (bicyclic) bond motifs is 1. The number of benzene rings is 1. The fourth-order valence-electron chi connectivity index (χ4n) is 4.47. The third-order valence-corrected chi connectivity index (χ3v) is 6.53. The van der Waals surface area contributed by atoms with Gasteiger partial charge in [-0.05, 0) is 67.4 Å². The standard InChI is InChI=1S/C23H26N4O/c1-16(28)21-12-20(18-13-24-26(2)15-18)19-4-3-17(11-22(19)25-21)14-27-9-7-23(5-6-23)8-10-27/h3-4,11-13,15H,5-10,14H2,1-2H3. The number of carbonyl (C=O) groups is 1. The molecule has 2 aromatic heterocycles. The van der Waals surface area contributed by atoms with Crippen molar-refractivity contribution in [3.63, 3.8) is 0 Å². The van der Waals surface area contributed by atoms with Crippen molar-refractivity contribution in [1.29, 1.82) is 0 Å². The van der Waals surface area contributed by atoms with Crippen molar-refractivity contribution in [1.82, 2.24) is 19.7 Å². The molecule has 3 heterocycles. The van der Waals surface area contributed by atoms with Crippen LogP contribution in [-0.4, -0.2) is 38.5 Å². The number of hydrogen-bond acceptors (Lipinski definition) is 4. The molecule has 1 saturated carbocycles. The van der Waals surface area contributed by atoms with Gasteiger partial charge in [-0.15, -0.1) is 0 Å².